The molecule has 2 saturated heterocycles. The zero-order chi connectivity index (χ0) is 27.3. The van der Waals surface area contributed by atoms with E-state index in [0.717, 1.165) is 63.4 Å². The standard InChI is InChI=1S/C32H36F3N5/c33-32(34,35)25-7-9-26(10-8-25)39-16-13-30-28(20-39)38-27-3-1-2-4-29(27)40(30)31-18-23(12-15-37-31)22-6-5-21-11-14-36-19-24(21)17-22/h5-10,12,15,17-18,27-30,36,38H,1-4,11,13-14,16,19-20H2/t27-,28-,29-,30?/m1/s1. The Balaban J connectivity index is 1.17. The summed E-state index contributed by atoms with van der Waals surface area (Å²) in [6, 6.07) is 18.2. The highest BCUT2D eigenvalue weighted by Gasteiger charge is 2.46. The number of piperidine rings is 1. The van der Waals surface area contributed by atoms with Crippen molar-refractivity contribution in [3.63, 3.8) is 0 Å². The van der Waals surface area contributed by atoms with E-state index in [1.165, 1.54) is 47.2 Å². The molecule has 8 heteroatoms. The third kappa shape index (κ3) is 4.85. The minimum Gasteiger partial charge on any atom is -0.370 e. The van der Waals surface area contributed by atoms with Gasteiger partial charge in [-0.25, -0.2) is 4.98 Å². The molecule has 210 valence electrons. The number of anilines is 2. The third-order valence-electron chi connectivity index (χ3n) is 9.44. The van der Waals surface area contributed by atoms with E-state index >= 15 is 0 Å². The molecule has 3 fully saturated rings. The van der Waals surface area contributed by atoms with Crippen molar-refractivity contribution in [3.05, 3.63) is 77.5 Å². The normalized spacial score (nSPS) is 26.6. The highest BCUT2D eigenvalue weighted by atomic mass is 19.4. The molecule has 2 aromatic carbocycles. The maximum atomic E-state index is 13.1. The van der Waals surface area contributed by atoms with Crippen molar-refractivity contribution in [1.82, 2.24) is 15.6 Å². The predicted octanol–water partition coefficient (Wildman–Crippen LogP) is 5.78. The van der Waals surface area contributed by atoms with E-state index in [1.54, 1.807) is 12.1 Å². The number of hydrogen-bond donors (Lipinski definition) is 2. The van der Waals surface area contributed by atoms with Crippen molar-refractivity contribution < 1.29 is 13.2 Å². The van der Waals surface area contributed by atoms with Crippen molar-refractivity contribution >= 4 is 11.5 Å². The second-order valence-corrected chi connectivity index (χ2v) is 11.8. The Labute approximate surface area is 233 Å². The summed E-state index contributed by atoms with van der Waals surface area (Å²) in [5.41, 5.74) is 5.50. The second kappa shape index (κ2) is 10.4. The lowest BCUT2D eigenvalue weighted by atomic mass is 9.81. The van der Waals surface area contributed by atoms with Crippen LogP contribution >= 0.6 is 0 Å². The molecule has 0 amide bonds. The van der Waals surface area contributed by atoms with Gasteiger partial charge in [0.1, 0.15) is 5.82 Å². The number of hydrogen-bond acceptors (Lipinski definition) is 5. The van der Waals surface area contributed by atoms with Crippen LogP contribution in [0.2, 0.25) is 0 Å². The van der Waals surface area contributed by atoms with Crippen LogP contribution in [0.3, 0.4) is 0 Å². The monoisotopic (exact) mass is 547 g/mol. The molecular formula is C32H36F3N5. The number of piperazine rings is 1. The van der Waals surface area contributed by atoms with E-state index in [1.807, 2.05) is 6.20 Å². The van der Waals surface area contributed by atoms with E-state index in [4.69, 9.17) is 4.98 Å². The van der Waals surface area contributed by atoms with Crippen molar-refractivity contribution in [2.75, 3.05) is 29.4 Å². The van der Waals surface area contributed by atoms with Gasteiger partial charge in [-0.05, 0) is 96.9 Å². The first kappa shape index (κ1) is 25.8. The SMILES string of the molecule is FC(F)(F)c1ccc(N2CCC3[C@@H](C2)N[C@@H]2CCCC[C@H]2N3c2cc(-c3ccc4c(c3)CNCC4)ccn2)cc1. The largest absolute Gasteiger partial charge is 0.416 e. The summed E-state index contributed by atoms with van der Waals surface area (Å²) in [5, 5.41) is 7.46. The molecule has 1 unspecified atom stereocenters. The highest BCUT2D eigenvalue weighted by molar-refractivity contribution is 5.68. The number of pyridine rings is 1. The summed E-state index contributed by atoms with van der Waals surface area (Å²) in [4.78, 5) is 9.78. The predicted molar refractivity (Wildman–Crippen MR) is 153 cm³/mol. The fourth-order valence-corrected chi connectivity index (χ4v) is 7.43. The van der Waals surface area contributed by atoms with Gasteiger partial charge in [0, 0.05) is 55.7 Å². The van der Waals surface area contributed by atoms with Gasteiger partial charge < -0.3 is 20.4 Å². The van der Waals surface area contributed by atoms with Gasteiger partial charge in [-0.1, -0.05) is 25.0 Å². The summed E-state index contributed by atoms with van der Waals surface area (Å²) < 4.78 is 39.4. The first-order valence-corrected chi connectivity index (χ1v) is 14.7. The first-order chi connectivity index (χ1) is 19.4. The molecule has 3 aliphatic heterocycles. The summed E-state index contributed by atoms with van der Waals surface area (Å²) in [6.45, 7) is 3.53. The van der Waals surface area contributed by atoms with Gasteiger partial charge in [0.15, 0.2) is 0 Å². The molecule has 3 aromatic rings. The molecule has 4 atom stereocenters. The van der Waals surface area contributed by atoms with Crippen LogP contribution < -0.4 is 20.4 Å². The molecule has 5 nitrogen and oxygen atoms in total. The van der Waals surface area contributed by atoms with Crippen LogP contribution in [-0.4, -0.2) is 48.8 Å². The van der Waals surface area contributed by atoms with Gasteiger partial charge in [-0.3, -0.25) is 0 Å². The molecule has 1 aliphatic carbocycles. The second-order valence-electron chi connectivity index (χ2n) is 11.8. The minimum atomic E-state index is -4.32. The number of rotatable bonds is 3. The average Bonchev–Trinajstić information content (AvgIpc) is 2.99. The Kier molecular flexibility index (Phi) is 6.71. The van der Waals surface area contributed by atoms with Crippen LogP contribution in [0.15, 0.2) is 60.8 Å². The highest BCUT2D eigenvalue weighted by Crippen LogP contribution is 2.38. The van der Waals surface area contributed by atoms with Crippen molar-refractivity contribution in [2.45, 2.75) is 75.4 Å². The zero-order valence-corrected chi connectivity index (χ0v) is 22.6. The number of halogens is 3. The molecule has 40 heavy (non-hydrogen) atoms. The number of fused-ring (bicyclic) bond motifs is 3. The van der Waals surface area contributed by atoms with Gasteiger partial charge in [0.05, 0.1) is 5.56 Å². The van der Waals surface area contributed by atoms with Crippen LogP contribution in [-0.2, 0) is 19.1 Å². The molecule has 0 radical (unpaired) electrons. The lowest BCUT2D eigenvalue weighted by Gasteiger charge is -2.56. The van der Waals surface area contributed by atoms with Crippen LogP contribution in [0.5, 0.6) is 0 Å². The summed E-state index contributed by atoms with van der Waals surface area (Å²) in [6.07, 6.45) is 4.39. The van der Waals surface area contributed by atoms with Gasteiger partial charge in [-0.15, -0.1) is 0 Å². The first-order valence-electron chi connectivity index (χ1n) is 14.7. The van der Waals surface area contributed by atoms with Crippen molar-refractivity contribution in [3.8, 4) is 11.1 Å². The summed E-state index contributed by atoms with van der Waals surface area (Å²) in [7, 11) is 0. The molecule has 0 spiro atoms. The number of nitrogens with one attached hydrogen (secondary N) is 2. The molecule has 4 heterocycles. The quantitative estimate of drug-likeness (QED) is 0.435. The van der Waals surface area contributed by atoms with E-state index in [9.17, 15) is 13.2 Å². The molecule has 7 rings (SSSR count). The molecule has 2 N–H and O–H groups in total. The van der Waals surface area contributed by atoms with Gasteiger partial charge >= 0.3 is 6.18 Å². The van der Waals surface area contributed by atoms with Gasteiger partial charge in [0.2, 0.25) is 0 Å². The van der Waals surface area contributed by atoms with Crippen LogP contribution in [0.25, 0.3) is 11.1 Å². The summed E-state index contributed by atoms with van der Waals surface area (Å²) in [5.74, 6) is 1.05. The van der Waals surface area contributed by atoms with Crippen LogP contribution in [0.4, 0.5) is 24.7 Å². The molecule has 1 saturated carbocycles. The van der Waals surface area contributed by atoms with Gasteiger partial charge in [0.25, 0.3) is 0 Å². The van der Waals surface area contributed by atoms with E-state index in [0.29, 0.717) is 18.1 Å². The lowest BCUT2D eigenvalue weighted by molar-refractivity contribution is -0.137. The molecule has 1 aromatic heterocycles. The lowest BCUT2D eigenvalue weighted by Crippen LogP contribution is -2.72. The number of benzene rings is 2. The van der Waals surface area contributed by atoms with Crippen molar-refractivity contribution in [2.24, 2.45) is 0 Å². The van der Waals surface area contributed by atoms with Crippen molar-refractivity contribution in [1.29, 1.82) is 0 Å². The maximum absolute atomic E-state index is 13.1. The topological polar surface area (TPSA) is 43.4 Å². The van der Waals surface area contributed by atoms with E-state index < -0.39 is 11.7 Å². The van der Waals surface area contributed by atoms with Crippen LogP contribution in [0, 0.1) is 0 Å². The third-order valence-corrected chi connectivity index (χ3v) is 9.44. The van der Waals surface area contributed by atoms with E-state index in [-0.39, 0.29) is 6.04 Å². The molecular weight excluding hydrogens is 511 g/mol. The zero-order valence-electron chi connectivity index (χ0n) is 22.6. The molecule has 4 aliphatic rings. The minimum absolute atomic E-state index is 0.218. The maximum Gasteiger partial charge on any atom is 0.416 e. The fourth-order valence-electron chi connectivity index (χ4n) is 7.43. The Hall–Kier alpha value is -3.10. The Morgan fingerprint density at radius 1 is 0.825 bits per heavy atom. The Morgan fingerprint density at radius 3 is 2.48 bits per heavy atom. The Bertz CT molecular complexity index is 1360. The van der Waals surface area contributed by atoms with E-state index in [2.05, 4.69) is 50.8 Å². The number of nitrogens with zero attached hydrogens (tertiary/aromatic N) is 3. The number of alkyl halides is 3. The Morgan fingerprint density at radius 2 is 1.62 bits per heavy atom. The summed E-state index contributed by atoms with van der Waals surface area (Å²) >= 11 is 0. The number of aromatic nitrogens is 1. The van der Waals surface area contributed by atoms with Crippen LogP contribution in [0.1, 0.15) is 48.8 Å². The fraction of sp³-hybridized carbons (Fsp3) is 0.469. The molecule has 0 bridgehead atoms. The van der Waals surface area contributed by atoms with Gasteiger partial charge in [-0.2, -0.15) is 13.2 Å². The average molecular weight is 548 g/mol. The smallest absolute Gasteiger partial charge is 0.370 e.